The summed E-state index contributed by atoms with van der Waals surface area (Å²) in [7, 11) is 3.17. The minimum atomic E-state index is -0.995. The van der Waals surface area contributed by atoms with E-state index < -0.39 is 84.4 Å². The van der Waals surface area contributed by atoms with Crippen LogP contribution in [0, 0.1) is 0 Å². The van der Waals surface area contributed by atoms with Crippen LogP contribution in [0.25, 0.3) is 0 Å². The van der Waals surface area contributed by atoms with Gasteiger partial charge in [0.15, 0.2) is 47.8 Å². The molecule has 0 saturated carbocycles. The third-order valence-electron chi connectivity index (χ3n) is 10.0. The standard InChI is InChI=1S/C13H22O6.C12H20O6.C10H18O6/c1-12(2)15-6-7(17-12)8-9(14-5)10-11(16-8)19-13(3,4)18-10;1-11(2)14-5-6(16-11)8-7(13)9-10(15-8)18-12(3,4)17-9;1-10(2)15-8-7(13-3)6(5(12)4-11)14-9(8)16-10/h7-11H,6H2,1-5H3;6-10,13H,5H2,1-4H3;5-9,11-12H,4H2,1-3H3/t7?,8-,9-,10-,11?;6?,7-,8-,9-,10?;5?,6-,7-,8-,9?/m111/s1. The summed E-state index contributed by atoms with van der Waals surface area (Å²) in [5.41, 5.74) is 0. The molecule has 0 bridgehead atoms. The van der Waals surface area contributed by atoms with Gasteiger partial charge in [-0.2, -0.15) is 0 Å². The van der Waals surface area contributed by atoms with Crippen LogP contribution in [0.15, 0.2) is 0 Å². The van der Waals surface area contributed by atoms with Crippen LogP contribution in [0.5, 0.6) is 0 Å². The molecule has 8 fully saturated rings. The van der Waals surface area contributed by atoms with Crippen molar-refractivity contribution in [1.82, 2.24) is 0 Å². The van der Waals surface area contributed by atoms with Gasteiger partial charge < -0.3 is 86.4 Å². The fourth-order valence-electron chi connectivity index (χ4n) is 7.84. The molecule has 3 N–H and O–H groups in total. The van der Waals surface area contributed by atoms with Gasteiger partial charge in [0.1, 0.15) is 73.2 Å². The van der Waals surface area contributed by atoms with E-state index in [1.807, 2.05) is 41.5 Å². The highest BCUT2D eigenvalue weighted by atomic mass is 16.9. The van der Waals surface area contributed by atoms with E-state index in [0.717, 1.165) is 0 Å². The van der Waals surface area contributed by atoms with Gasteiger partial charge in [0, 0.05) is 14.2 Å². The molecule has 0 radical (unpaired) electrons. The third-order valence-corrected chi connectivity index (χ3v) is 10.0. The van der Waals surface area contributed by atoms with Gasteiger partial charge in [-0.3, -0.25) is 0 Å². The third kappa shape index (κ3) is 9.05. The molecule has 8 rings (SSSR count). The number of rotatable bonds is 6. The van der Waals surface area contributed by atoms with Gasteiger partial charge in [0.2, 0.25) is 0 Å². The average Bonchev–Trinajstić information content (AvgIpc) is 3.91. The summed E-state index contributed by atoms with van der Waals surface area (Å²) >= 11 is 0. The normalized spacial score (nSPS) is 46.9. The van der Waals surface area contributed by atoms with Gasteiger partial charge in [0.25, 0.3) is 0 Å². The van der Waals surface area contributed by atoms with Gasteiger partial charge in [-0.1, -0.05) is 0 Å². The lowest BCUT2D eigenvalue weighted by molar-refractivity contribution is -0.234. The van der Waals surface area contributed by atoms with Crippen LogP contribution in [0.2, 0.25) is 0 Å². The Kier molecular flexibility index (Phi) is 12.0. The first-order valence-electron chi connectivity index (χ1n) is 18.3. The van der Waals surface area contributed by atoms with Crippen LogP contribution in [-0.2, 0) is 71.1 Å². The van der Waals surface area contributed by atoms with Crippen molar-refractivity contribution in [3.63, 3.8) is 0 Å². The van der Waals surface area contributed by atoms with E-state index in [1.54, 1.807) is 34.8 Å². The Balaban J connectivity index is 0.000000137. The maximum absolute atomic E-state index is 10.3. The highest BCUT2D eigenvalue weighted by Crippen LogP contribution is 2.43. The van der Waals surface area contributed by atoms with Crippen LogP contribution in [0.1, 0.15) is 69.2 Å². The zero-order valence-electron chi connectivity index (χ0n) is 32.7. The number of aliphatic hydroxyl groups excluding tert-OH is 3. The molecule has 15 atom stereocenters. The van der Waals surface area contributed by atoms with Gasteiger partial charge in [-0.25, -0.2) is 0 Å². The van der Waals surface area contributed by atoms with Crippen LogP contribution >= 0.6 is 0 Å². The molecule has 53 heavy (non-hydrogen) atoms. The molecule has 0 amide bonds. The topological polar surface area (TPSA) is 199 Å². The van der Waals surface area contributed by atoms with Crippen molar-refractivity contribution in [1.29, 1.82) is 0 Å². The Labute approximate surface area is 310 Å². The lowest BCUT2D eigenvalue weighted by Gasteiger charge is -2.28. The fourth-order valence-corrected chi connectivity index (χ4v) is 7.84. The van der Waals surface area contributed by atoms with Crippen molar-refractivity contribution in [3.8, 4) is 0 Å². The molecule has 8 heterocycles. The van der Waals surface area contributed by atoms with Gasteiger partial charge in [-0.05, 0) is 69.2 Å². The predicted octanol–water partition coefficient (Wildman–Crippen LogP) is 0.636. The van der Waals surface area contributed by atoms with Crippen molar-refractivity contribution in [2.45, 2.75) is 190 Å². The molecule has 18 heteroatoms. The Morgan fingerprint density at radius 2 is 0.943 bits per heavy atom. The fraction of sp³-hybridized carbons (Fsp3) is 1.00. The summed E-state index contributed by atoms with van der Waals surface area (Å²) in [6, 6.07) is 0. The van der Waals surface area contributed by atoms with E-state index in [1.165, 1.54) is 7.11 Å². The van der Waals surface area contributed by atoms with E-state index in [9.17, 15) is 10.2 Å². The van der Waals surface area contributed by atoms with Crippen molar-refractivity contribution in [3.05, 3.63) is 0 Å². The smallest absolute Gasteiger partial charge is 0.190 e. The predicted molar refractivity (Wildman–Crippen MR) is 177 cm³/mol. The number of aliphatic hydroxyl groups is 3. The molecule has 0 spiro atoms. The number of methoxy groups -OCH3 is 2. The first kappa shape index (κ1) is 41.9. The summed E-state index contributed by atoms with van der Waals surface area (Å²) in [4.78, 5) is 0. The second-order valence-electron chi connectivity index (χ2n) is 16.6. The molecule has 8 saturated heterocycles. The number of hydrogen-bond acceptors (Lipinski definition) is 18. The SMILES string of the molecule is CC1(C)OCC([C@H]2OC3OC(C)(C)O[C@@H]3[C@@H]2O)O1.CO[C@@H]1[C@@H](C(O)CO)OC2OC(C)(C)O[C@@H]21.CO[C@@H]1[C@@H](C2COC(C)(C)O2)OC2OC(C)(C)O[C@@H]21. The van der Waals surface area contributed by atoms with Gasteiger partial charge in [0.05, 0.1) is 19.8 Å². The minimum absolute atomic E-state index is 0.166. The lowest BCUT2D eigenvalue weighted by atomic mass is 10.1. The van der Waals surface area contributed by atoms with Crippen LogP contribution in [-0.4, -0.2) is 170 Å². The van der Waals surface area contributed by atoms with Crippen LogP contribution < -0.4 is 0 Å². The molecule has 0 aliphatic carbocycles. The van der Waals surface area contributed by atoms with Crippen molar-refractivity contribution in [2.75, 3.05) is 34.0 Å². The molecule has 8 aliphatic rings. The first-order valence-corrected chi connectivity index (χ1v) is 18.3. The maximum Gasteiger partial charge on any atom is 0.190 e. The summed E-state index contributed by atoms with van der Waals surface area (Å²) in [6.45, 7) is 18.9. The van der Waals surface area contributed by atoms with Crippen LogP contribution in [0.4, 0.5) is 0 Å². The maximum atomic E-state index is 10.3. The number of ether oxygens (including phenoxy) is 15. The lowest BCUT2D eigenvalue weighted by Crippen LogP contribution is -2.43. The highest BCUT2D eigenvalue weighted by Gasteiger charge is 2.60. The molecule has 6 unspecified atom stereocenters. The second-order valence-corrected chi connectivity index (χ2v) is 16.6. The van der Waals surface area contributed by atoms with Gasteiger partial charge >= 0.3 is 0 Å². The molecular formula is C35H60O18. The molecule has 18 nitrogen and oxygen atoms in total. The van der Waals surface area contributed by atoms with Crippen LogP contribution in [0.3, 0.4) is 0 Å². The summed E-state index contributed by atoms with van der Waals surface area (Å²) < 4.78 is 84.5. The van der Waals surface area contributed by atoms with Crippen molar-refractivity contribution >= 4 is 0 Å². The second kappa shape index (κ2) is 15.2. The van der Waals surface area contributed by atoms with E-state index in [2.05, 4.69) is 0 Å². The highest BCUT2D eigenvalue weighted by molar-refractivity contribution is 5.00. The average molecular weight is 769 g/mol. The van der Waals surface area contributed by atoms with E-state index in [-0.39, 0.29) is 43.2 Å². The minimum Gasteiger partial charge on any atom is -0.394 e. The molecule has 0 aromatic rings. The largest absolute Gasteiger partial charge is 0.394 e. The zero-order chi connectivity index (χ0) is 38.9. The van der Waals surface area contributed by atoms with E-state index in [0.29, 0.717) is 13.2 Å². The Morgan fingerprint density at radius 1 is 0.528 bits per heavy atom. The quantitative estimate of drug-likeness (QED) is 0.340. The van der Waals surface area contributed by atoms with E-state index in [4.69, 9.17) is 76.2 Å². The zero-order valence-corrected chi connectivity index (χ0v) is 32.7. The van der Waals surface area contributed by atoms with E-state index >= 15 is 0 Å². The summed E-state index contributed by atoms with van der Waals surface area (Å²) in [6.07, 6.45) is -6.75. The molecule has 308 valence electrons. The summed E-state index contributed by atoms with van der Waals surface area (Å²) in [5.74, 6) is -3.27. The monoisotopic (exact) mass is 768 g/mol. The molecule has 0 aromatic heterocycles. The van der Waals surface area contributed by atoms with Crippen molar-refractivity contribution in [2.24, 2.45) is 0 Å². The number of hydrogen-bond donors (Lipinski definition) is 3. The molecular weight excluding hydrogens is 708 g/mol. The Hall–Kier alpha value is -0.720. The number of fused-ring (bicyclic) bond motifs is 3. The Morgan fingerprint density at radius 3 is 1.38 bits per heavy atom. The molecule has 8 aliphatic heterocycles. The van der Waals surface area contributed by atoms with Crippen molar-refractivity contribution < 1.29 is 86.4 Å². The van der Waals surface area contributed by atoms with Gasteiger partial charge in [-0.15, -0.1) is 0 Å². The first-order chi connectivity index (χ1) is 24.6. The summed E-state index contributed by atoms with van der Waals surface area (Å²) in [5, 5.41) is 28.7. The Bertz CT molecular complexity index is 1250. The molecule has 0 aromatic carbocycles.